The van der Waals surface area contributed by atoms with Crippen LogP contribution in [0.15, 0.2) is 34.9 Å². The Labute approximate surface area is 141 Å². The number of benzene rings is 1. The molecule has 0 radical (unpaired) electrons. The average molecular weight is 330 g/mol. The van der Waals surface area contributed by atoms with E-state index in [-0.39, 0.29) is 11.7 Å². The highest BCUT2D eigenvalue weighted by atomic mass is 16.5. The van der Waals surface area contributed by atoms with Gasteiger partial charge in [0, 0.05) is 19.7 Å². The summed E-state index contributed by atoms with van der Waals surface area (Å²) in [5.41, 5.74) is 1.37. The molecule has 6 nitrogen and oxygen atoms in total. The molecule has 1 aliphatic heterocycles. The van der Waals surface area contributed by atoms with Gasteiger partial charge < -0.3 is 18.9 Å². The Bertz CT molecular complexity index is 710. The highest BCUT2D eigenvalue weighted by Gasteiger charge is 2.42. The first-order valence-corrected chi connectivity index (χ1v) is 7.99. The summed E-state index contributed by atoms with van der Waals surface area (Å²) >= 11 is 0. The lowest BCUT2D eigenvalue weighted by Crippen LogP contribution is -2.42. The molecule has 1 atom stereocenters. The van der Waals surface area contributed by atoms with Crippen LogP contribution in [-0.2, 0) is 4.74 Å². The van der Waals surface area contributed by atoms with Gasteiger partial charge in [-0.25, -0.2) is 0 Å². The van der Waals surface area contributed by atoms with Gasteiger partial charge in [0.1, 0.15) is 18.0 Å². The smallest absolute Gasteiger partial charge is 0.292 e. The lowest BCUT2D eigenvalue weighted by molar-refractivity contribution is -0.0344. The van der Waals surface area contributed by atoms with Crippen molar-refractivity contribution in [1.82, 2.24) is 10.1 Å². The molecule has 1 aromatic carbocycles. The fourth-order valence-electron chi connectivity index (χ4n) is 2.83. The van der Waals surface area contributed by atoms with Crippen LogP contribution in [0, 0.1) is 13.8 Å². The SMILES string of the molecule is CO[C@@]1(COc2ccc(C)cc2)CCN(C(=O)c2cc(C)no2)C1. The highest BCUT2D eigenvalue weighted by molar-refractivity contribution is 5.91. The molecule has 1 fully saturated rings. The number of carbonyl (C=O) groups excluding carboxylic acids is 1. The van der Waals surface area contributed by atoms with Crippen molar-refractivity contribution in [3.63, 3.8) is 0 Å². The summed E-state index contributed by atoms with van der Waals surface area (Å²) in [6.45, 7) is 5.29. The van der Waals surface area contributed by atoms with E-state index in [0.717, 1.165) is 5.75 Å². The molecule has 0 bridgehead atoms. The van der Waals surface area contributed by atoms with Crippen molar-refractivity contribution >= 4 is 5.91 Å². The molecule has 0 spiro atoms. The number of aryl methyl sites for hydroxylation is 2. The molecule has 0 saturated carbocycles. The minimum atomic E-state index is -0.504. The lowest BCUT2D eigenvalue weighted by Gasteiger charge is -2.27. The standard InChI is InChI=1S/C18H22N2O4/c1-13-4-6-15(7-5-13)23-12-18(22-3)8-9-20(11-18)17(21)16-10-14(2)19-24-16/h4-7,10H,8-9,11-12H2,1-3H3/t18-/m0/s1. The number of methoxy groups -OCH3 is 1. The Morgan fingerprint density at radius 2 is 2.08 bits per heavy atom. The van der Waals surface area contributed by atoms with E-state index < -0.39 is 5.60 Å². The van der Waals surface area contributed by atoms with Crippen molar-refractivity contribution < 1.29 is 18.8 Å². The molecular formula is C18H22N2O4. The van der Waals surface area contributed by atoms with Gasteiger partial charge in [0.15, 0.2) is 0 Å². The number of likely N-dealkylation sites (tertiary alicyclic amines) is 1. The zero-order chi connectivity index (χ0) is 17.2. The fourth-order valence-corrected chi connectivity index (χ4v) is 2.83. The zero-order valence-electron chi connectivity index (χ0n) is 14.2. The number of ether oxygens (including phenoxy) is 2. The molecule has 1 amide bonds. The van der Waals surface area contributed by atoms with E-state index in [4.69, 9.17) is 14.0 Å². The molecule has 0 N–H and O–H groups in total. The number of hydrogen-bond acceptors (Lipinski definition) is 5. The Kier molecular flexibility index (Phi) is 4.57. The van der Waals surface area contributed by atoms with Crippen LogP contribution in [0.25, 0.3) is 0 Å². The summed E-state index contributed by atoms with van der Waals surface area (Å²) in [6, 6.07) is 9.54. The first-order valence-electron chi connectivity index (χ1n) is 7.99. The monoisotopic (exact) mass is 330 g/mol. The predicted octanol–water partition coefficient (Wildman–Crippen LogP) is 2.60. The van der Waals surface area contributed by atoms with Gasteiger partial charge in [-0.1, -0.05) is 22.9 Å². The second-order valence-corrected chi connectivity index (χ2v) is 6.30. The maximum Gasteiger partial charge on any atom is 0.292 e. The molecule has 0 aliphatic carbocycles. The van der Waals surface area contributed by atoms with E-state index in [1.165, 1.54) is 5.56 Å². The molecule has 24 heavy (non-hydrogen) atoms. The quantitative estimate of drug-likeness (QED) is 0.843. The predicted molar refractivity (Wildman–Crippen MR) is 88.2 cm³/mol. The molecule has 1 aromatic heterocycles. The normalized spacial score (nSPS) is 20.4. The topological polar surface area (TPSA) is 64.8 Å². The van der Waals surface area contributed by atoms with E-state index in [1.54, 1.807) is 25.0 Å². The Morgan fingerprint density at radius 1 is 1.33 bits per heavy atom. The van der Waals surface area contributed by atoms with Gasteiger partial charge in [-0.05, 0) is 32.4 Å². The molecule has 3 rings (SSSR count). The fraction of sp³-hybridized carbons (Fsp3) is 0.444. The number of carbonyl (C=O) groups is 1. The van der Waals surface area contributed by atoms with Gasteiger partial charge in [0.2, 0.25) is 5.76 Å². The highest BCUT2D eigenvalue weighted by Crippen LogP contribution is 2.27. The second-order valence-electron chi connectivity index (χ2n) is 6.30. The Hall–Kier alpha value is -2.34. The largest absolute Gasteiger partial charge is 0.491 e. The molecule has 2 heterocycles. The minimum Gasteiger partial charge on any atom is -0.491 e. The molecule has 0 unspecified atom stereocenters. The number of hydrogen-bond donors (Lipinski definition) is 0. The summed E-state index contributed by atoms with van der Waals surface area (Å²) < 4.78 is 16.6. The molecule has 2 aromatic rings. The lowest BCUT2D eigenvalue weighted by atomic mass is 10.0. The second kappa shape index (κ2) is 6.65. The number of aromatic nitrogens is 1. The van der Waals surface area contributed by atoms with Gasteiger partial charge in [-0.15, -0.1) is 0 Å². The maximum atomic E-state index is 12.5. The third kappa shape index (κ3) is 3.43. The third-order valence-corrected chi connectivity index (χ3v) is 4.40. The number of nitrogens with zero attached hydrogens (tertiary/aromatic N) is 2. The molecule has 1 saturated heterocycles. The number of amides is 1. The van der Waals surface area contributed by atoms with Crippen LogP contribution in [-0.4, -0.2) is 48.4 Å². The van der Waals surface area contributed by atoms with Crippen LogP contribution in [0.5, 0.6) is 5.75 Å². The molecule has 6 heteroatoms. The molecule has 128 valence electrons. The van der Waals surface area contributed by atoms with Gasteiger partial charge in [0.05, 0.1) is 12.2 Å². The first kappa shape index (κ1) is 16.5. The van der Waals surface area contributed by atoms with E-state index in [2.05, 4.69) is 5.16 Å². The van der Waals surface area contributed by atoms with E-state index in [0.29, 0.717) is 31.8 Å². The van der Waals surface area contributed by atoms with Gasteiger partial charge >= 0.3 is 0 Å². The van der Waals surface area contributed by atoms with E-state index in [1.807, 2.05) is 31.2 Å². The van der Waals surface area contributed by atoms with Gasteiger partial charge in [-0.3, -0.25) is 4.79 Å². The summed E-state index contributed by atoms with van der Waals surface area (Å²) in [5.74, 6) is 0.899. The molecule has 1 aliphatic rings. The van der Waals surface area contributed by atoms with Crippen molar-refractivity contribution in [2.24, 2.45) is 0 Å². The van der Waals surface area contributed by atoms with Crippen LogP contribution in [0.3, 0.4) is 0 Å². The van der Waals surface area contributed by atoms with Crippen LogP contribution in [0.1, 0.15) is 28.2 Å². The summed E-state index contributed by atoms with van der Waals surface area (Å²) in [4.78, 5) is 14.2. The van der Waals surface area contributed by atoms with Crippen LogP contribution in [0.4, 0.5) is 0 Å². The Balaban J connectivity index is 1.64. The summed E-state index contributed by atoms with van der Waals surface area (Å²) in [6.07, 6.45) is 0.716. The van der Waals surface area contributed by atoms with E-state index >= 15 is 0 Å². The maximum absolute atomic E-state index is 12.5. The number of rotatable bonds is 5. The van der Waals surface area contributed by atoms with Crippen molar-refractivity contribution in [2.45, 2.75) is 25.9 Å². The van der Waals surface area contributed by atoms with Crippen LogP contribution >= 0.6 is 0 Å². The minimum absolute atomic E-state index is 0.162. The van der Waals surface area contributed by atoms with Gasteiger partial charge in [-0.2, -0.15) is 0 Å². The summed E-state index contributed by atoms with van der Waals surface area (Å²) in [7, 11) is 1.66. The summed E-state index contributed by atoms with van der Waals surface area (Å²) in [5, 5.41) is 3.77. The zero-order valence-corrected chi connectivity index (χ0v) is 14.2. The first-order chi connectivity index (χ1) is 11.5. The molecular weight excluding hydrogens is 308 g/mol. The van der Waals surface area contributed by atoms with E-state index in [9.17, 15) is 4.79 Å². The van der Waals surface area contributed by atoms with Crippen LogP contribution in [0.2, 0.25) is 0 Å². The average Bonchev–Trinajstić information content (AvgIpc) is 3.21. The Morgan fingerprint density at radius 3 is 2.71 bits per heavy atom. The van der Waals surface area contributed by atoms with Crippen molar-refractivity contribution in [3.05, 3.63) is 47.3 Å². The third-order valence-electron chi connectivity index (χ3n) is 4.40. The van der Waals surface area contributed by atoms with Gasteiger partial charge in [0.25, 0.3) is 5.91 Å². The van der Waals surface area contributed by atoms with Crippen molar-refractivity contribution in [3.8, 4) is 5.75 Å². The van der Waals surface area contributed by atoms with Crippen LogP contribution < -0.4 is 4.74 Å². The van der Waals surface area contributed by atoms with Crippen molar-refractivity contribution in [2.75, 3.05) is 26.8 Å². The van der Waals surface area contributed by atoms with Crippen molar-refractivity contribution in [1.29, 1.82) is 0 Å².